The molecule has 2 amide bonds. The average molecular weight is 448 g/mol. The van der Waals surface area contributed by atoms with Crippen LogP contribution in [0.3, 0.4) is 0 Å². The fourth-order valence-corrected chi connectivity index (χ4v) is 3.39. The SMILES string of the molecule is COc1ccc(C(CC(=O)NCCNC(C)=O)c2c(O)cc(C)oc2=O)c(OC)c1OC. The molecule has 10 nitrogen and oxygen atoms in total. The molecule has 0 saturated carbocycles. The topological polar surface area (TPSA) is 136 Å². The summed E-state index contributed by atoms with van der Waals surface area (Å²) in [4.78, 5) is 36.3. The Balaban J connectivity index is 2.52. The van der Waals surface area contributed by atoms with Crippen LogP contribution in [0.2, 0.25) is 0 Å². The fraction of sp³-hybridized carbons (Fsp3) is 0.409. The molecular weight excluding hydrogens is 420 g/mol. The first-order valence-electron chi connectivity index (χ1n) is 9.87. The predicted molar refractivity (Wildman–Crippen MR) is 116 cm³/mol. The van der Waals surface area contributed by atoms with Crippen LogP contribution < -0.4 is 30.5 Å². The molecule has 0 aliphatic rings. The highest BCUT2D eigenvalue weighted by Crippen LogP contribution is 2.45. The standard InChI is InChI=1S/C22H28N2O8/c1-12-10-16(26)19(22(28)32-12)15(11-18(27)24-9-8-23-13(2)25)14-6-7-17(29-3)21(31-5)20(14)30-4/h6-7,10,15,26H,8-9,11H2,1-5H3,(H,23,25)(H,24,27). The lowest BCUT2D eigenvalue weighted by atomic mass is 9.87. The lowest BCUT2D eigenvalue weighted by Crippen LogP contribution is -2.34. The van der Waals surface area contributed by atoms with Crippen LogP contribution in [0.15, 0.2) is 27.4 Å². The number of hydrogen-bond acceptors (Lipinski definition) is 8. The van der Waals surface area contributed by atoms with Crippen LogP contribution in [0.5, 0.6) is 23.0 Å². The number of nitrogens with one attached hydrogen (secondary N) is 2. The van der Waals surface area contributed by atoms with Crippen molar-refractivity contribution in [1.29, 1.82) is 0 Å². The van der Waals surface area contributed by atoms with E-state index >= 15 is 0 Å². The summed E-state index contributed by atoms with van der Waals surface area (Å²) in [6, 6.07) is 4.56. The van der Waals surface area contributed by atoms with Gasteiger partial charge in [0.1, 0.15) is 11.5 Å². The van der Waals surface area contributed by atoms with Crippen LogP contribution in [-0.4, -0.2) is 51.3 Å². The van der Waals surface area contributed by atoms with E-state index in [4.69, 9.17) is 18.6 Å². The number of hydrogen-bond donors (Lipinski definition) is 3. The smallest absolute Gasteiger partial charge is 0.343 e. The summed E-state index contributed by atoms with van der Waals surface area (Å²) in [6.45, 7) is 3.36. The highest BCUT2D eigenvalue weighted by Gasteiger charge is 2.30. The Hall–Kier alpha value is -3.69. The summed E-state index contributed by atoms with van der Waals surface area (Å²) < 4.78 is 21.4. The van der Waals surface area contributed by atoms with Gasteiger partial charge in [-0.05, 0) is 13.0 Å². The summed E-state index contributed by atoms with van der Waals surface area (Å²) >= 11 is 0. The molecule has 0 saturated heterocycles. The van der Waals surface area contributed by atoms with E-state index in [1.165, 1.54) is 41.2 Å². The van der Waals surface area contributed by atoms with Crippen LogP contribution in [0.4, 0.5) is 0 Å². The second-order valence-corrected chi connectivity index (χ2v) is 6.96. The Morgan fingerprint density at radius 2 is 1.72 bits per heavy atom. The van der Waals surface area contributed by atoms with Crippen molar-refractivity contribution in [1.82, 2.24) is 10.6 Å². The number of aryl methyl sites for hydroxylation is 1. The third kappa shape index (κ3) is 5.71. The minimum Gasteiger partial charge on any atom is -0.507 e. The van der Waals surface area contributed by atoms with Gasteiger partial charge in [0.25, 0.3) is 0 Å². The summed E-state index contributed by atoms with van der Waals surface area (Å²) in [5, 5.41) is 15.8. The predicted octanol–water partition coefficient (Wildman–Crippen LogP) is 1.45. The number of aromatic hydroxyl groups is 1. The maximum absolute atomic E-state index is 12.7. The highest BCUT2D eigenvalue weighted by atomic mass is 16.5. The van der Waals surface area contributed by atoms with E-state index in [1.54, 1.807) is 12.1 Å². The fourth-order valence-electron chi connectivity index (χ4n) is 3.39. The maximum Gasteiger partial charge on any atom is 0.343 e. The minimum absolute atomic E-state index is 0.0851. The van der Waals surface area contributed by atoms with Crippen LogP contribution >= 0.6 is 0 Å². The van der Waals surface area contributed by atoms with Gasteiger partial charge in [-0.1, -0.05) is 6.07 Å². The van der Waals surface area contributed by atoms with Gasteiger partial charge < -0.3 is 34.4 Å². The molecule has 2 rings (SSSR count). The lowest BCUT2D eigenvalue weighted by molar-refractivity contribution is -0.122. The van der Waals surface area contributed by atoms with Crippen molar-refractivity contribution in [3.8, 4) is 23.0 Å². The zero-order valence-corrected chi connectivity index (χ0v) is 18.7. The number of rotatable bonds is 10. The zero-order valence-electron chi connectivity index (χ0n) is 18.7. The van der Waals surface area contributed by atoms with E-state index in [-0.39, 0.29) is 54.0 Å². The Morgan fingerprint density at radius 1 is 1.06 bits per heavy atom. The first kappa shape index (κ1) is 24.6. The molecule has 0 aliphatic heterocycles. The van der Waals surface area contributed by atoms with Gasteiger partial charge in [0.15, 0.2) is 11.5 Å². The molecule has 3 N–H and O–H groups in total. The molecule has 10 heteroatoms. The Morgan fingerprint density at radius 3 is 2.28 bits per heavy atom. The zero-order chi connectivity index (χ0) is 23.8. The second kappa shape index (κ2) is 11.1. The number of amides is 2. The molecule has 0 bridgehead atoms. The molecule has 1 atom stereocenters. The average Bonchev–Trinajstić information content (AvgIpc) is 2.74. The largest absolute Gasteiger partial charge is 0.507 e. The van der Waals surface area contributed by atoms with Crippen molar-refractivity contribution in [2.75, 3.05) is 34.4 Å². The minimum atomic E-state index is -0.914. The van der Waals surface area contributed by atoms with Crippen LogP contribution in [0.25, 0.3) is 0 Å². The Labute approximate surface area is 185 Å². The molecule has 1 aromatic heterocycles. The van der Waals surface area contributed by atoms with Gasteiger partial charge in [0.2, 0.25) is 17.6 Å². The van der Waals surface area contributed by atoms with E-state index in [2.05, 4.69) is 10.6 Å². The van der Waals surface area contributed by atoms with Crippen LogP contribution in [-0.2, 0) is 9.59 Å². The molecule has 1 unspecified atom stereocenters. The Bertz CT molecular complexity index is 1030. The molecule has 1 heterocycles. The van der Waals surface area contributed by atoms with E-state index in [9.17, 15) is 19.5 Å². The van der Waals surface area contributed by atoms with Crippen molar-refractivity contribution < 1.29 is 33.3 Å². The van der Waals surface area contributed by atoms with Crippen molar-refractivity contribution in [3.05, 3.63) is 45.5 Å². The van der Waals surface area contributed by atoms with Crippen molar-refractivity contribution in [3.63, 3.8) is 0 Å². The number of ether oxygens (including phenoxy) is 3. The van der Waals surface area contributed by atoms with Crippen molar-refractivity contribution >= 4 is 11.8 Å². The monoisotopic (exact) mass is 448 g/mol. The third-order valence-corrected chi connectivity index (χ3v) is 4.76. The molecule has 2 aromatic rings. The number of carbonyl (C=O) groups is 2. The quantitative estimate of drug-likeness (QED) is 0.465. The molecule has 0 radical (unpaired) electrons. The molecule has 0 aliphatic carbocycles. The summed E-state index contributed by atoms with van der Waals surface area (Å²) in [5.74, 6) is -0.678. The van der Waals surface area contributed by atoms with Gasteiger partial charge in [-0.2, -0.15) is 0 Å². The van der Waals surface area contributed by atoms with Gasteiger partial charge in [-0.15, -0.1) is 0 Å². The van der Waals surface area contributed by atoms with E-state index in [0.29, 0.717) is 11.3 Å². The first-order chi connectivity index (χ1) is 15.2. The third-order valence-electron chi connectivity index (χ3n) is 4.76. The molecular formula is C22H28N2O8. The molecule has 174 valence electrons. The van der Waals surface area contributed by atoms with Gasteiger partial charge in [-0.25, -0.2) is 4.79 Å². The highest BCUT2D eigenvalue weighted by molar-refractivity contribution is 5.78. The van der Waals surface area contributed by atoms with Crippen LogP contribution in [0, 0.1) is 6.92 Å². The lowest BCUT2D eigenvalue weighted by Gasteiger charge is -2.22. The van der Waals surface area contributed by atoms with Crippen LogP contribution in [0.1, 0.15) is 36.1 Å². The van der Waals surface area contributed by atoms with Gasteiger partial charge in [0.05, 0.1) is 26.9 Å². The number of carbonyl (C=O) groups excluding carboxylic acids is 2. The van der Waals surface area contributed by atoms with E-state index in [1.807, 2.05) is 0 Å². The first-order valence-corrected chi connectivity index (χ1v) is 9.87. The number of benzene rings is 1. The van der Waals surface area contributed by atoms with E-state index in [0.717, 1.165) is 0 Å². The normalized spacial score (nSPS) is 11.4. The summed E-state index contributed by atoms with van der Waals surface area (Å²) in [5.41, 5.74) is -0.429. The summed E-state index contributed by atoms with van der Waals surface area (Å²) in [6.07, 6.45) is -0.201. The number of methoxy groups -OCH3 is 3. The molecule has 32 heavy (non-hydrogen) atoms. The van der Waals surface area contributed by atoms with Gasteiger partial charge in [-0.3, -0.25) is 9.59 Å². The van der Waals surface area contributed by atoms with Crippen molar-refractivity contribution in [2.45, 2.75) is 26.2 Å². The molecule has 0 fully saturated rings. The van der Waals surface area contributed by atoms with Crippen molar-refractivity contribution in [2.24, 2.45) is 0 Å². The molecule has 1 aromatic carbocycles. The van der Waals surface area contributed by atoms with Gasteiger partial charge in [0, 0.05) is 44.0 Å². The molecule has 0 spiro atoms. The van der Waals surface area contributed by atoms with E-state index < -0.39 is 17.5 Å². The van der Waals surface area contributed by atoms with Gasteiger partial charge >= 0.3 is 5.63 Å². The Kier molecular flexibility index (Phi) is 8.51. The maximum atomic E-state index is 12.7. The second-order valence-electron chi connectivity index (χ2n) is 6.96. The summed E-state index contributed by atoms with van der Waals surface area (Å²) in [7, 11) is 4.33.